The van der Waals surface area contributed by atoms with E-state index in [9.17, 15) is 13.2 Å². The molecule has 0 unspecified atom stereocenters. The van der Waals surface area contributed by atoms with Gasteiger partial charge in [-0.05, 0) is 31.2 Å². The number of carbonyl (C=O) groups excluding carboxylic acids is 1. The van der Waals surface area contributed by atoms with E-state index in [-0.39, 0.29) is 0 Å². The molecule has 1 heterocycles. The quantitative estimate of drug-likeness (QED) is 0.791. The lowest BCUT2D eigenvalue weighted by molar-refractivity contribution is -0.116. The van der Waals surface area contributed by atoms with E-state index < -0.39 is 22.0 Å². The molecule has 3 rings (SSSR count). The van der Waals surface area contributed by atoms with Crippen molar-refractivity contribution in [1.82, 2.24) is 0 Å². The molecule has 0 spiro atoms. The van der Waals surface area contributed by atoms with Crippen LogP contribution in [-0.4, -0.2) is 46.9 Å². The number of anilines is 2. The second-order valence-electron chi connectivity index (χ2n) is 6.28. The minimum absolute atomic E-state index is 0.340. The number of carbonyl (C=O) groups is 1. The van der Waals surface area contributed by atoms with Gasteiger partial charge < -0.3 is 19.5 Å². The molecule has 9 heteroatoms. The lowest BCUT2D eigenvalue weighted by Gasteiger charge is -2.28. The Bertz CT molecular complexity index is 976. The molecule has 28 heavy (non-hydrogen) atoms. The first-order chi connectivity index (χ1) is 13.3. The fourth-order valence-corrected chi connectivity index (χ4v) is 4.09. The van der Waals surface area contributed by atoms with Crippen molar-refractivity contribution in [2.75, 3.05) is 36.2 Å². The zero-order chi connectivity index (χ0) is 20.3. The molecule has 0 saturated carbocycles. The van der Waals surface area contributed by atoms with Crippen LogP contribution in [-0.2, 0) is 14.8 Å². The Hall–Kier alpha value is -2.94. The average Bonchev–Trinajstić information content (AvgIpc) is 2.67. The van der Waals surface area contributed by atoms with Gasteiger partial charge in [0.05, 0.1) is 19.1 Å². The van der Waals surface area contributed by atoms with Crippen LogP contribution >= 0.6 is 0 Å². The fraction of sp³-hybridized carbons (Fsp3) is 0.316. The number of hydrogen-bond acceptors (Lipinski definition) is 6. The molecule has 0 aliphatic carbocycles. The maximum atomic E-state index is 12.8. The van der Waals surface area contributed by atoms with E-state index in [1.54, 1.807) is 42.5 Å². The van der Waals surface area contributed by atoms with Crippen molar-refractivity contribution in [3.63, 3.8) is 0 Å². The molecule has 0 radical (unpaired) electrons. The Labute approximate surface area is 164 Å². The van der Waals surface area contributed by atoms with Gasteiger partial charge in [-0.25, -0.2) is 8.42 Å². The molecular formula is C19H22N2O6S. The van der Waals surface area contributed by atoms with Crippen LogP contribution in [0.25, 0.3) is 0 Å². The maximum Gasteiger partial charge on any atom is 0.247 e. The summed E-state index contributed by atoms with van der Waals surface area (Å²) in [6.45, 7) is 2.42. The molecule has 0 bridgehead atoms. The smallest absolute Gasteiger partial charge is 0.247 e. The van der Waals surface area contributed by atoms with Gasteiger partial charge in [-0.15, -0.1) is 0 Å². The van der Waals surface area contributed by atoms with Gasteiger partial charge in [0.2, 0.25) is 15.9 Å². The van der Waals surface area contributed by atoms with Crippen molar-refractivity contribution in [3.05, 3.63) is 42.5 Å². The van der Waals surface area contributed by atoms with Crippen LogP contribution in [0.4, 0.5) is 11.4 Å². The van der Waals surface area contributed by atoms with Gasteiger partial charge in [-0.1, -0.05) is 6.07 Å². The summed E-state index contributed by atoms with van der Waals surface area (Å²) >= 11 is 0. The monoisotopic (exact) mass is 406 g/mol. The van der Waals surface area contributed by atoms with Crippen molar-refractivity contribution in [2.45, 2.75) is 13.0 Å². The molecule has 0 fully saturated rings. The van der Waals surface area contributed by atoms with Crippen molar-refractivity contribution in [1.29, 1.82) is 0 Å². The Balaban J connectivity index is 1.84. The Morgan fingerprint density at radius 2 is 1.86 bits per heavy atom. The zero-order valence-corrected chi connectivity index (χ0v) is 16.7. The van der Waals surface area contributed by atoms with Gasteiger partial charge in [0.25, 0.3) is 0 Å². The topological polar surface area (TPSA) is 94.2 Å². The van der Waals surface area contributed by atoms with Crippen LogP contribution in [0.3, 0.4) is 0 Å². The highest BCUT2D eigenvalue weighted by atomic mass is 32.2. The first kappa shape index (κ1) is 19.8. The van der Waals surface area contributed by atoms with Crippen LogP contribution in [0.15, 0.2) is 42.5 Å². The van der Waals surface area contributed by atoms with Crippen molar-refractivity contribution in [3.8, 4) is 17.2 Å². The van der Waals surface area contributed by atoms with E-state index in [0.29, 0.717) is 41.8 Å². The minimum atomic E-state index is -3.72. The molecule has 0 saturated heterocycles. The van der Waals surface area contributed by atoms with Gasteiger partial charge in [0.1, 0.15) is 25.0 Å². The van der Waals surface area contributed by atoms with Crippen molar-refractivity contribution >= 4 is 27.3 Å². The third-order valence-corrected chi connectivity index (χ3v) is 5.45. The number of benzene rings is 2. The number of amides is 1. The van der Waals surface area contributed by atoms with Gasteiger partial charge >= 0.3 is 0 Å². The third-order valence-electron chi connectivity index (χ3n) is 4.21. The number of nitrogens with one attached hydrogen (secondary N) is 1. The number of hydrogen-bond donors (Lipinski definition) is 1. The normalized spacial score (nSPS) is 14.1. The first-order valence-electron chi connectivity index (χ1n) is 8.63. The summed E-state index contributed by atoms with van der Waals surface area (Å²) in [7, 11) is -2.23. The van der Waals surface area contributed by atoms with Gasteiger partial charge in [0, 0.05) is 17.8 Å². The number of sulfonamides is 1. The SMILES string of the molecule is COc1cccc(N([C@@H](C)C(=O)Nc2ccc3c(c2)OCCO3)S(C)(=O)=O)c1. The number of ether oxygens (including phenoxy) is 3. The Morgan fingerprint density at radius 3 is 2.54 bits per heavy atom. The lowest BCUT2D eigenvalue weighted by atomic mass is 10.2. The van der Waals surface area contributed by atoms with Gasteiger partial charge in [-0.3, -0.25) is 9.10 Å². The summed E-state index contributed by atoms with van der Waals surface area (Å²) in [5.74, 6) is 1.14. The summed E-state index contributed by atoms with van der Waals surface area (Å²) in [6.07, 6.45) is 1.06. The van der Waals surface area contributed by atoms with Gasteiger partial charge in [-0.2, -0.15) is 0 Å². The van der Waals surface area contributed by atoms with Crippen molar-refractivity contribution in [2.24, 2.45) is 0 Å². The zero-order valence-electron chi connectivity index (χ0n) is 15.8. The molecule has 8 nitrogen and oxygen atoms in total. The minimum Gasteiger partial charge on any atom is -0.497 e. The molecule has 1 aliphatic heterocycles. The second-order valence-corrected chi connectivity index (χ2v) is 8.14. The molecule has 1 N–H and O–H groups in total. The van der Waals surface area contributed by atoms with Crippen molar-refractivity contribution < 1.29 is 27.4 Å². The Kier molecular flexibility index (Phi) is 5.64. The molecule has 1 aliphatic rings. The van der Waals surface area contributed by atoms with E-state index >= 15 is 0 Å². The van der Waals surface area contributed by atoms with Crippen LogP contribution in [0.5, 0.6) is 17.2 Å². The van der Waals surface area contributed by atoms with Crippen LogP contribution in [0, 0.1) is 0 Å². The van der Waals surface area contributed by atoms with Crippen LogP contribution < -0.4 is 23.8 Å². The summed E-state index contributed by atoms with van der Waals surface area (Å²) in [5, 5.41) is 2.73. The maximum absolute atomic E-state index is 12.8. The number of methoxy groups -OCH3 is 1. The number of rotatable bonds is 6. The molecule has 1 atom stereocenters. The Morgan fingerprint density at radius 1 is 1.14 bits per heavy atom. The molecule has 2 aromatic rings. The molecule has 1 amide bonds. The van der Waals surface area contributed by atoms with Crippen LogP contribution in [0.2, 0.25) is 0 Å². The summed E-state index contributed by atoms with van der Waals surface area (Å²) in [4.78, 5) is 12.8. The highest BCUT2D eigenvalue weighted by molar-refractivity contribution is 7.92. The highest BCUT2D eigenvalue weighted by Crippen LogP contribution is 2.33. The summed E-state index contributed by atoms with van der Waals surface area (Å²) in [5.41, 5.74) is 0.826. The largest absolute Gasteiger partial charge is 0.497 e. The predicted octanol–water partition coefficient (Wildman–Crippen LogP) is 2.26. The van der Waals surface area contributed by atoms with Gasteiger partial charge in [0.15, 0.2) is 11.5 Å². The molecule has 150 valence electrons. The number of nitrogens with zero attached hydrogens (tertiary/aromatic N) is 1. The third kappa shape index (κ3) is 4.30. The van der Waals surface area contributed by atoms with E-state index in [0.717, 1.165) is 10.6 Å². The molecular weight excluding hydrogens is 384 g/mol. The number of fused-ring (bicyclic) bond motifs is 1. The first-order valence-corrected chi connectivity index (χ1v) is 10.5. The highest BCUT2D eigenvalue weighted by Gasteiger charge is 2.29. The summed E-state index contributed by atoms with van der Waals surface area (Å²) < 4.78 is 42.0. The summed E-state index contributed by atoms with van der Waals surface area (Å²) in [6, 6.07) is 10.6. The fourth-order valence-electron chi connectivity index (χ4n) is 2.92. The predicted molar refractivity (Wildman–Crippen MR) is 106 cm³/mol. The van der Waals surface area contributed by atoms with E-state index in [4.69, 9.17) is 14.2 Å². The lowest BCUT2D eigenvalue weighted by Crippen LogP contribution is -2.45. The standard InChI is InChI=1S/C19H22N2O6S/c1-13(21(28(3,23)24)15-5-4-6-16(12-15)25-2)19(22)20-14-7-8-17-18(11-14)27-10-9-26-17/h4-8,11-13H,9-10H2,1-3H3,(H,20,22)/t13-/m0/s1. The second kappa shape index (κ2) is 7.97. The molecule has 2 aromatic carbocycles. The van der Waals surface area contributed by atoms with Crippen LogP contribution in [0.1, 0.15) is 6.92 Å². The van der Waals surface area contributed by atoms with E-state index in [1.165, 1.54) is 14.0 Å². The molecule has 0 aromatic heterocycles. The average molecular weight is 406 g/mol. The van der Waals surface area contributed by atoms with E-state index in [1.807, 2.05) is 0 Å². The van der Waals surface area contributed by atoms with E-state index in [2.05, 4.69) is 5.32 Å².